The average molecular weight is 693 g/mol. The fourth-order valence-corrected chi connectivity index (χ4v) is 8.16. The lowest BCUT2D eigenvalue weighted by Crippen LogP contribution is -2.09. The molecule has 0 saturated carbocycles. The van der Waals surface area contributed by atoms with Crippen molar-refractivity contribution in [2.24, 2.45) is 0 Å². The Kier molecular flexibility index (Phi) is 7.55. The van der Waals surface area contributed by atoms with Gasteiger partial charge in [0.2, 0.25) is 0 Å². The van der Waals surface area contributed by atoms with Gasteiger partial charge in [-0.3, -0.25) is 9.97 Å². The number of aromatic nitrogens is 3. The first-order chi connectivity index (χ1) is 26.6. The minimum absolute atomic E-state index is 0.933. The van der Waals surface area contributed by atoms with E-state index in [2.05, 4.69) is 186 Å². The Balaban J connectivity index is 1.06. The maximum absolute atomic E-state index is 4.72. The molecule has 0 aliphatic carbocycles. The zero-order valence-electron chi connectivity index (χ0n) is 30.1. The number of para-hydroxylation sites is 3. The van der Waals surface area contributed by atoms with Crippen molar-refractivity contribution >= 4 is 60.7 Å². The molecule has 10 aromatic rings. The number of hydrogen-bond donors (Lipinski definition) is 0. The molecular weight excluding hydrogens is 657 g/mol. The van der Waals surface area contributed by atoms with Crippen LogP contribution in [0, 0.1) is 13.8 Å². The van der Waals surface area contributed by atoms with E-state index < -0.39 is 0 Å². The Labute approximate surface area is 314 Å². The molecule has 4 heteroatoms. The molecule has 54 heavy (non-hydrogen) atoms. The minimum Gasteiger partial charge on any atom is -0.310 e. The summed E-state index contributed by atoms with van der Waals surface area (Å²) in [6.07, 6.45) is 3.68. The molecule has 0 fully saturated rings. The summed E-state index contributed by atoms with van der Waals surface area (Å²) < 4.78 is 2.44. The highest BCUT2D eigenvalue weighted by atomic mass is 15.1. The summed E-state index contributed by atoms with van der Waals surface area (Å²) >= 11 is 0. The van der Waals surface area contributed by atoms with Gasteiger partial charge in [0.05, 0.1) is 22.1 Å². The summed E-state index contributed by atoms with van der Waals surface area (Å²) in [7, 11) is 0. The molecule has 0 spiro atoms. The van der Waals surface area contributed by atoms with Crippen LogP contribution in [0.2, 0.25) is 0 Å². The molecule has 0 bridgehead atoms. The van der Waals surface area contributed by atoms with Gasteiger partial charge >= 0.3 is 0 Å². The standard InChI is InChI=1S/C50H36N4/c1-33-30-48(34(2)29-43(33)35-21-23-36(24-22-35)44-31-37-13-11-27-51-49(37)50-42(44)19-12-28-52-50)54-46-20-10-9-18-41(46)45-32-40(25-26-47(45)54)53(38-14-5-3-6-15-38)39-16-7-4-8-17-39/h3-32H,1-2H3. The summed E-state index contributed by atoms with van der Waals surface area (Å²) in [5, 5.41) is 4.66. The summed E-state index contributed by atoms with van der Waals surface area (Å²) in [6, 6.07) is 61.0. The van der Waals surface area contributed by atoms with Gasteiger partial charge in [-0.1, -0.05) is 91.0 Å². The molecule has 0 N–H and O–H groups in total. The number of fused-ring (bicyclic) bond motifs is 6. The van der Waals surface area contributed by atoms with Crippen LogP contribution < -0.4 is 4.90 Å². The van der Waals surface area contributed by atoms with Crippen molar-refractivity contribution in [3.8, 4) is 27.9 Å². The lowest BCUT2D eigenvalue weighted by molar-refractivity contribution is 1.14. The topological polar surface area (TPSA) is 34.0 Å². The molecule has 3 aromatic heterocycles. The maximum atomic E-state index is 4.72. The van der Waals surface area contributed by atoms with Crippen LogP contribution in [0.4, 0.5) is 17.1 Å². The number of nitrogens with zero attached hydrogens (tertiary/aromatic N) is 4. The summed E-state index contributed by atoms with van der Waals surface area (Å²) in [5.41, 5.74) is 16.0. The van der Waals surface area contributed by atoms with Gasteiger partial charge in [-0.15, -0.1) is 0 Å². The van der Waals surface area contributed by atoms with Gasteiger partial charge in [-0.25, -0.2) is 0 Å². The molecule has 0 saturated heterocycles. The number of aryl methyl sites for hydroxylation is 2. The second kappa shape index (κ2) is 12.9. The van der Waals surface area contributed by atoms with Gasteiger partial charge in [0.15, 0.2) is 0 Å². The first-order valence-corrected chi connectivity index (χ1v) is 18.4. The van der Waals surface area contributed by atoms with Crippen LogP contribution in [-0.4, -0.2) is 14.5 Å². The highest BCUT2D eigenvalue weighted by Gasteiger charge is 2.19. The van der Waals surface area contributed by atoms with Crippen molar-refractivity contribution in [1.82, 2.24) is 14.5 Å². The summed E-state index contributed by atoms with van der Waals surface area (Å²) in [4.78, 5) is 11.7. The van der Waals surface area contributed by atoms with Crippen LogP contribution in [-0.2, 0) is 0 Å². The number of hydrogen-bond acceptors (Lipinski definition) is 3. The third-order valence-electron chi connectivity index (χ3n) is 10.7. The Hall–Kier alpha value is -7.04. The fourth-order valence-electron chi connectivity index (χ4n) is 8.16. The third kappa shape index (κ3) is 5.22. The van der Waals surface area contributed by atoms with Gasteiger partial charge in [-0.05, 0) is 126 Å². The van der Waals surface area contributed by atoms with Crippen LogP contribution in [0.15, 0.2) is 182 Å². The van der Waals surface area contributed by atoms with Crippen LogP contribution >= 0.6 is 0 Å². The first kappa shape index (κ1) is 31.7. The Morgan fingerprint density at radius 2 is 1.04 bits per heavy atom. The van der Waals surface area contributed by atoms with E-state index in [4.69, 9.17) is 4.98 Å². The smallest absolute Gasteiger partial charge is 0.0970 e. The van der Waals surface area contributed by atoms with Crippen molar-refractivity contribution in [1.29, 1.82) is 0 Å². The molecular formula is C50H36N4. The van der Waals surface area contributed by atoms with Gasteiger partial charge < -0.3 is 9.47 Å². The second-order valence-corrected chi connectivity index (χ2v) is 14.0. The van der Waals surface area contributed by atoms with Crippen LogP contribution in [0.3, 0.4) is 0 Å². The quantitative estimate of drug-likeness (QED) is 0.163. The van der Waals surface area contributed by atoms with E-state index in [9.17, 15) is 0 Å². The largest absolute Gasteiger partial charge is 0.310 e. The van der Waals surface area contributed by atoms with Gasteiger partial charge in [0.1, 0.15) is 0 Å². The van der Waals surface area contributed by atoms with Crippen molar-refractivity contribution in [3.63, 3.8) is 0 Å². The normalized spacial score (nSPS) is 11.5. The number of pyridine rings is 2. The highest BCUT2D eigenvalue weighted by molar-refractivity contribution is 6.11. The van der Waals surface area contributed by atoms with Crippen LogP contribution in [0.25, 0.3) is 71.6 Å². The molecule has 10 rings (SSSR count). The number of benzene rings is 7. The van der Waals surface area contributed by atoms with Crippen LogP contribution in [0.1, 0.15) is 11.1 Å². The van der Waals surface area contributed by atoms with Crippen molar-refractivity contribution in [2.45, 2.75) is 13.8 Å². The minimum atomic E-state index is 0.933. The van der Waals surface area contributed by atoms with E-state index in [-0.39, 0.29) is 0 Å². The van der Waals surface area contributed by atoms with E-state index >= 15 is 0 Å². The zero-order chi connectivity index (χ0) is 36.2. The molecule has 0 aliphatic rings. The molecule has 256 valence electrons. The Morgan fingerprint density at radius 1 is 0.426 bits per heavy atom. The van der Waals surface area contributed by atoms with Gasteiger partial charge in [-0.2, -0.15) is 0 Å². The van der Waals surface area contributed by atoms with E-state index in [1.165, 1.54) is 55.3 Å². The molecule has 0 aliphatic heterocycles. The predicted octanol–water partition coefficient (Wildman–Crippen LogP) is 13.3. The molecule has 0 amide bonds. The SMILES string of the molecule is Cc1cc(-n2c3ccccc3c3cc(N(c4ccccc4)c4ccccc4)ccc32)c(C)cc1-c1ccc(-c2cc3cccnc3c3ncccc23)cc1. The Morgan fingerprint density at radius 3 is 1.78 bits per heavy atom. The Bertz CT molecular complexity index is 2960. The second-order valence-electron chi connectivity index (χ2n) is 14.0. The first-order valence-electron chi connectivity index (χ1n) is 18.4. The van der Waals surface area contributed by atoms with E-state index in [0.717, 1.165) is 44.4 Å². The summed E-state index contributed by atoms with van der Waals surface area (Å²) in [5.74, 6) is 0. The molecule has 0 radical (unpaired) electrons. The van der Waals surface area contributed by atoms with Gasteiger partial charge in [0, 0.05) is 56.7 Å². The van der Waals surface area contributed by atoms with E-state index in [1.54, 1.807) is 0 Å². The monoisotopic (exact) mass is 692 g/mol. The molecule has 4 nitrogen and oxygen atoms in total. The van der Waals surface area contributed by atoms with Crippen molar-refractivity contribution < 1.29 is 0 Å². The fraction of sp³-hybridized carbons (Fsp3) is 0.0400. The highest BCUT2D eigenvalue weighted by Crippen LogP contribution is 2.41. The molecule has 0 unspecified atom stereocenters. The summed E-state index contributed by atoms with van der Waals surface area (Å²) in [6.45, 7) is 4.46. The molecule has 3 heterocycles. The van der Waals surface area contributed by atoms with E-state index in [1.807, 2.05) is 24.5 Å². The maximum Gasteiger partial charge on any atom is 0.0970 e. The van der Waals surface area contributed by atoms with Crippen molar-refractivity contribution in [3.05, 3.63) is 193 Å². The predicted molar refractivity (Wildman–Crippen MR) is 226 cm³/mol. The number of anilines is 3. The van der Waals surface area contributed by atoms with Crippen molar-refractivity contribution in [2.75, 3.05) is 4.90 Å². The zero-order valence-corrected chi connectivity index (χ0v) is 30.1. The molecule has 7 aromatic carbocycles. The number of rotatable bonds is 6. The third-order valence-corrected chi connectivity index (χ3v) is 10.7. The van der Waals surface area contributed by atoms with Crippen LogP contribution in [0.5, 0.6) is 0 Å². The lowest BCUT2D eigenvalue weighted by Gasteiger charge is -2.25. The van der Waals surface area contributed by atoms with E-state index in [0.29, 0.717) is 0 Å². The average Bonchev–Trinajstić information content (AvgIpc) is 3.56. The molecule has 0 atom stereocenters. The lowest BCUT2D eigenvalue weighted by atomic mass is 9.93. The van der Waals surface area contributed by atoms with Gasteiger partial charge in [0.25, 0.3) is 0 Å².